The third kappa shape index (κ3) is 3.70. The molecule has 0 saturated heterocycles. The molecule has 1 amide bonds. The van der Waals surface area contributed by atoms with Crippen molar-refractivity contribution < 1.29 is 9.59 Å². The maximum absolute atomic E-state index is 11.1. The van der Waals surface area contributed by atoms with Crippen LogP contribution in [0.3, 0.4) is 0 Å². The monoisotopic (exact) mass is 233 g/mol. The summed E-state index contributed by atoms with van der Waals surface area (Å²) >= 11 is 0. The Labute approximate surface area is 102 Å². The summed E-state index contributed by atoms with van der Waals surface area (Å²) in [6.07, 6.45) is 1.45. The molecule has 1 atom stereocenters. The molecule has 0 spiro atoms. The van der Waals surface area contributed by atoms with Crippen LogP contribution in [0.25, 0.3) is 0 Å². The van der Waals surface area contributed by atoms with Crippen LogP contribution in [0.5, 0.6) is 0 Å². The fraction of sp³-hybridized carbons (Fsp3) is 0.429. The molecule has 0 bridgehead atoms. The summed E-state index contributed by atoms with van der Waals surface area (Å²) in [6, 6.07) is 8.19. The number of benzene rings is 1. The van der Waals surface area contributed by atoms with Crippen molar-refractivity contribution >= 4 is 12.2 Å². The molecule has 1 aromatic rings. The van der Waals surface area contributed by atoms with E-state index < -0.39 is 5.91 Å². The predicted molar refractivity (Wildman–Crippen MR) is 67.7 cm³/mol. The Balaban J connectivity index is 2.68. The third-order valence-corrected chi connectivity index (χ3v) is 3.06. The number of aldehydes is 1. The average molecular weight is 233 g/mol. The molecule has 1 aromatic carbocycles. The number of hydrogen-bond acceptors (Lipinski definition) is 2. The summed E-state index contributed by atoms with van der Waals surface area (Å²) in [6.45, 7) is 4.82. The van der Waals surface area contributed by atoms with E-state index in [2.05, 4.69) is 26.0 Å². The van der Waals surface area contributed by atoms with Crippen LogP contribution in [-0.4, -0.2) is 24.1 Å². The fourth-order valence-corrected chi connectivity index (χ4v) is 1.63. The van der Waals surface area contributed by atoms with E-state index in [4.69, 9.17) is 0 Å². The lowest BCUT2D eigenvalue weighted by molar-refractivity contribution is -0.138. The first-order valence-corrected chi connectivity index (χ1v) is 5.87. The maximum atomic E-state index is 11.1. The van der Waals surface area contributed by atoms with Gasteiger partial charge in [-0.25, -0.2) is 0 Å². The van der Waals surface area contributed by atoms with Crippen LogP contribution in [0.4, 0.5) is 0 Å². The van der Waals surface area contributed by atoms with Gasteiger partial charge in [-0.3, -0.25) is 9.59 Å². The van der Waals surface area contributed by atoms with Crippen LogP contribution < -0.4 is 0 Å². The lowest BCUT2D eigenvalue weighted by atomic mass is 9.97. The number of nitrogens with zero attached hydrogens (tertiary/aromatic N) is 1. The molecule has 0 aliphatic carbocycles. The zero-order chi connectivity index (χ0) is 12.8. The normalized spacial score (nSPS) is 11.9. The molecule has 0 saturated carbocycles. The Morgan fingerprint density at radius 2 is 1.94 bits per heavy atom. The third-order valence-electron chi connectivity index (χ3n) is 3.06. The Morgan fingerprint density at radius 1 is 1.35 bits per heavy atom. The molecule has 0 N–H and O–H groups in total. The number of amides is 1. The van der Waals surface area contributed by atoms with E-state index in [0.29, 0.717) is 18.7 Å². The van der Waals surface area contributed by atoms with Crippen molar-refractivity contribution in [3.63, 3.8) is 0 Å². The number of hydrogen-bond donors (Lipinski definition) is 0. The molecule has 0 fully saturated rings. The highest BCUT2D eigenvalue weighted by Gasteiger charge is 2.08. The van der Waals surface area contributed by atoms with Gasteiger partial charge >= 0.3 is 0 Å². The Bertz CT molecular complexity index is 384. The van der Waals surface area contributed by atoms with Crippen molar-refractivity contribution in [2.24, 2.45) is 0 Å². The van der Waals surface area contributed by atoms with Gasteiger partial charge < -0.3 is 4.90 Å². The minimum absolute atomic E-state index is 0.341. The summed E-state index contributed by atoms with van der Waals surface area (Å²) in [4.78, 5) is 22.8. The molecular weight excluding hydrogens is 214 g/mol. The summed E-state index contributed by atoms with van der Waals surface area (Å²) < 4.78 is 0. The van der Waals surface area contributed by atoms with Gasteiger partial charge in [0.2, 0.25) is 6.29 Å². The van der Waals surface area contributed by atoms with Crippen LogP contribution in [0.1, 0.15) is 37.3 Å². The fourth-order valence-electron chi connectivity index (χ4n) is 1.63. The second-order valence-corrected chi connectivity index (χ2v) is 4.36. The van der Waals surface area contributed by atoms with Crippen molar-refractivity contribution in [2.75, 3.05) is 7.05 Å². The number of carbonyl (C=O) groups is 2. The summed E-state index contributed by atoms with van der Waals surface area (Å²) in [5.74, 6) is 0.0642. The predicted octanol–water partition coefficient (Wildman–Crippen LogP) is 2.36. The first kappa shape index (κ1) is 13.4. The van der Waals surface area contributed by atoms with Gasteiger partial charge in [-0.2, -0.15) is 0 Å². The van der Waals surface area contributed by atoms with E-state index in [1.54, 1.807) is 7.05 Å². The van der Waals surface area contributed by atoms with E-state index in [1.165, 1.54) is 10.5 Å². The van der Waals surface area contributed by atoms with Crippen molar-refractivity contribution in [3.8, 4) is 0 Å². The second kappa shape index (κ2) is 6.18. The van der Waals surface area contributed by atoms with E-state index >= 15 is 0 Å². The molecule has 17 heavy (non-hydrogen) atoms. The van der Waals surface area contributed by atoms with Gasteiger partial charge in [0, 0.05) is 13.6 Å². The lowest BCUT2D eigenvalue weighted by Crippen LogP contribution is -2.26. The van der Waals surface area contributed by atoms with Gasteiger partial charge in [-0.1, -0.05) is 38.1 Å². The standard InChI is InChI=1S/C14H19NO2/c1-4-11(2)13-7-5-12(6-8-13)9-15(3)14(17)10-16/h5-8,10-11H,4,9H2,1-3H3. The Kier molecular flexibility index (Phi) is 4.88. The van der Waals surface area contributed by atoms with Gasteiger partial charge in [0.05, 0.1) is 0 Å². The summed E-state index contributed by atoms with van der Waals surface area (Å²) in [7, 11) is 1.62. The molecule has 0 radical (unpaired) electrons. The molecule has 1 rings (SSSR count). The highest BCUT2D eigenvalue weighted by atomic mass is 16.2. The first-order valence-electron chi connectivity index (χ1n) is 5.87. The molecule has 3 nitrogen and oxygen atoms in total. The van der Waals surface area contributed by atoms with Crippen molar-refractivity contribution in [3.05, 3.63) is 35.4 Å². The molecule has 0 aliphatic heterocycles. The quantitative estimate of drug-likeness (QED) is 0.578. The van der Waals surface area contributed by atoms with Gasteiger partial charge in [-0.15, -0.1) is 0 Å². The van der Waals surface area contributed by atoms with E-state index in [9.17, 15) is 9.59 Å². The van der Waals surface area contributed by atoms with E-state index in [1.807, 2.05) is 12.1 Å². The zero-order valence-corrected chi connectivity index (χ0v) is 10.6. The number of carbonyl (C=O) groups excluding carboxylic acids is 2. The van der Waals surface area contributed by atoms with Gasteiger partial charge in [0.25, 0.3) is 5.91 Å². The lowest BCUT2D eigenvalue weighted by Gasteiger charge is -2.15. The molecule has 3 heteroatoms. The molecule has 92 valence electrons. The molecule has 0 aromatic heterocycles. The number of likely N-dealkylation sites (N-methyl/N-ethyl adjacent to an activating group) is 1. The van der Waals surface area contributed by atoms with Crippen LogP contribution >= 0.6 is 0 Å². The van der Waals surface area contributed by atoms with Crippen molar-refractivity contribution in [1.82, 2.24) is 4.90 Å². The van der Waals surface area contributed by atoms with Crippen LogP contribution in [0.15, 0.2) is 24.3 Å². The van der Waals surface area contributed by atoms with Crippen LogP contribution in [-0.2, 0) is 16.1 Å². The maximum Gasteiger partial charge on any atom is 0.286 e. The molecule has 0 heterocycles. The zero-order valence-electron chi connectivity index (χ0n) is 10.6. The second-order valence-electron chi connectivity index (χ2n) is 4.36. The van der Waals surface area contributed by atoms with Gasteiger partial charge in [0.15, 0.2) is 0 Å². The SMILES string of the molecule is CCC(C)c1ccc(CN(C)C(=O)C=O)cc1. The van der Waals surface area contributed by atoms with E-state index in [0.717, 1.165) is 12.0 Å². The molecule has 0 aliphatic rings. The largest absolute Gasteiger partial charge is 0.335 e. The Hall–Kier alpha value is -1.64. The smallest absolute Gasteiger partial charge is 0.286 e. The summed E-state index contributed by atoms with van der Waals surface area (Å²) in [5.41, 5.74) is 2.34. The first-order chi connectivity index (χ1) is 8.08. The topological polar surface area (TPSA) is 37.4 Å². The molecular formula is C14H19NO2. The van der Waals surface area contributed by atoms with Gasteiger partial charge in [-0.05, 0) is 23.5 Å². The highest BCUT2D eigenvalue weighted by Crippen LogP contribution is 2.19. The van der Waals surface area contributed by atoms with E-state index in [-0.39, 0.29) is 0 Å². The average Bonchev–Trinajstić information content (AvgIpc) is 2.37. The summed E-state index contributed by atoms with van der Waals surface area (Å²) in [5, 5.41) is 0. The minimum atomic E-state index is -0.490. The number of rotatable bonds is 5. The minimum Gasteiger partial charge on any atom is -0.335 e. The molecule has 1 unspecified atom stereocenters. The van der Waals surface area contributed by atoms with Gasteiger partial charge in [0.1, 0.15) is 0 Å². The highest BCUT2D eigenvalue weighted by molar-refractivity contribution is 6.23. The van der Waals surface area contributed by atoms with Crippen molar-refractivity contribution in [2.45, 2.75) is 32.7 Å². The van der Waals surface area contributed by atoms with Crippen molar-refractivity contribution in [1.29, 1.82) is 0 Å². The van der Waals surface area contributed by atoms with Crippen LogP contribution in [0, 0.1) is 0 Å². The van der Waals surface area contributed by atoms with Crippen LogP contribution in [0.2, 0.25) is 0 Å². The Morgan fingerprint density at radius 3 is 2.41 bits per heavy atom.